The van der Waals surface area contributed by atoms with Crippen LogP contribution in [0.4, 0.5) is 0 Å². The third-order valence-corrected chi connectivity index (χ3v) is 2.25. The predicted octanol–water partition coefficient (Wildman–Crippen LogP) is 3.40. The highest BCUT2D eigenvalue weighted by Crippen LogP contribution is 2.28. The van der Waals surface area contributed by atoms with Gasteiger partial charge in [0.2, 0.25) is 0 Å². The van der Waals surface area contributed by atoms with E-state index in [-0.39, 0.29) is 0 Å². The molecule has 0 saturated carbocycles. The number of rotatable bonds is 1. The molecule has 0 spiro atoms. The first kappa shape index (κ1) is 8.32. The summed E-state index contributed by atoms with van der Waals surface area (Å²) in [5.41, 5.74) is 0. The zero-order valence-electron chi connectivity index (χ0n) is 7.28. The number of fused-ring (bicyclic) bond motifs is 1. The first-order chi connectivity index (χ1) is 6.31. The highest BCUT2D eigenvalue weighted by Gasteiger charge is 2.01. The quantitative estimate of drug-likeness (QED) is 0.668. The fraction of sp³-hybridized carbons (Fsp3) is 0.0909. The topological polar surface area (TPSA) is 9.23 Å². The molecule has 0 amide bonds. The molecule has 0 fully saturated rings. The van der Waals surface area contributed by atoms with Crippen LogP contribution >= 0.6 is 12.6 Å². The van der Waals surface area contributed by atoms with Crippen molar-refractivity contribution in [3.05, 3.63) is 36.4 Å². The van der Waals surface area contributed by atoms with Gasteiger partial charge >= 0.3 is 0 Å². The van der Waals surface area contributed by atoms with Gasteiger partial charge in [-0.05, 0) is 17.5 Å². The van der Waals surface area contributed by atoms with Gasteiger partial charge in [0.15, 0.2) is 0 Å². The van der Waals surface area contributed by atoms with Crippen LogP contribution in [0.5, 0.6) is 5.75 Å². The summed E-state index contributed by atoms with van der Waals surface area (Å²) in [6, 6.07) is 11.9. The van der Waals surface area contributed by atoms with Crippen molar-refractivity contribution in [3.8, 4) is 5.75 Å². The van der Waals surface area contributed by atoms with Crippen LogP contribution in [0.25, 0.3) is 10.8 Å². The van der Waals surface area contributed by atoms with Crippen molar-refractivity contribution in [2.45, 2.75) is 4.90 Å². The lowest BCUT2D eigenvalue weighted by molar-refractivity contribution is 0.419. The molecule has 1 radical (unpaired) electrons. The van der Waals surface area contributed by atoms with Crippen molar-refractivity contribution in [1.82, 2.24) is 0 Å². The molecule has 0 N–H and O–H groups in total. The summed E-state index contributed by atoms with van der Waals surface area (Å²) in [5, 5.41) is 2.24. The van der Waals surface area contributed by atoms with E-state index in [1.54, 1.807) is 7.11 Å². The van der Waals surface area contributed by atoms with Crippen LogP contribution in [0.1, 0.15) is 0 Å². The summed E-state index contributed by atoms with van der Waals surface area (Å²) < 4.78 is 5.24. The van der Waals surface area contributed by atoms with E-state index >= 15 is 0 Å². The summed E-state index contributed by atoms with van der Waals surface area (Å²) >= 11 is 5.11. The van der Waals surface area contributed by atoms with Gasteiger partial charge in [0.25, 0.3) is 0 Å². The van der Waals surface area contributed by atoms with Gasteiger partial charge in [-0.3, -0.25) is 0 Å². The average Bonchev–Trinajstić information content (AvgIpc) is 2.16. The Hall–Kier alpha value is -1.28. The highest BCUT2D eigenvalue weighted by molar-refractivity contribution is 7.80. The Balaban J connectivity index is 2.81. The fourth-order valence-corrected chi connectivity index (χ4v) is 1.65. The molecule has 0 unspecified atom stereocenters. The number of hydrogen-bond donors (Lipinski definition) is 0. The molecule has 0 atom stereocenters. The molecular weight excluding hydrogens is 180 g/mol. The van der Waals surface area contributed by atoms with E-state index in [1.165, 1.54) is 0 Å². The van der Waals surface area contributed by atoms with Crippen LogP contribution in [-0.4, -0.2) is 7.11 Å². The van der Waals surface area contributed by atoms with Gasteiger partial charge in [-0.15, -0.1) is 0 Å². The van der Waals surface area contributed by atoms with Crippen molar-refractivity contribution in [1.29, 1.82) is 0 Å². The third-order valence-electron chi connectivity index (χ3n) is 2.02. The monoisotopic (exact) mass is 189 g/mol. The van der Waals surface area contributed by atoms with Crippen LogP contribution < -0.4 is 4.74 Å². The normalized spacial score (nSPS) is 10.2. The predicted molar refractivity (Wildman–Crippen MR) is 56.4 cm³/mol. The maximum absolute atomic E-state index is 5.24. The molecule has 0 aliphatic carbocycles. The second kappa shape index (κ2) is 3.23. The van der Waals surface area contributed by atoms with Crippen LogP contribution in [0.3, 0.4) is 0 Å². The summed E-state index contributed by atoms with van der Waals surface area (Å²) in [7, 11) is 1.66. The Labute approximate surface area is 82.7 Å². The second-order valence-corrected chi connectivity index (χ2v) is 3.32. The van der Waals surface area contributed by atoms with Gasteiger partial charge < -0.3 is 4.74 Å². The van der Waals surface area contributed by atoms with Crippen LogP contribution in [0.2, 0.25) is 0 Å². The standard InChI is InChI=1S/C11H9OS/c1-12-11-7-9(13)6-8-4-2-3-5-10(8)11/h2-7H,1H3. The number of ether oxygens (including phenoxy) is 1. The second-order valence-electron chi connectivity index (χ2n) is 2.85. The molecule has 2 aromatic rings. The molecule has 65 valence electrons. The molecule has 0 heterocycles. The minimum absolute atomic E-state index is 0.815. The largest absolute Gasteiger partial charge is 0.496 e. The number of benzene rings is 2. The average molecular weight is 189 g/mol. The lowest BCUT2D eigenvalue weighted by atomic mass is 10.1. The van der Waals surface area contributed by atoms with Gasteiger partial charge in [0.1, 0.15) is 5.75 Å². The first-order valence-corrected chi connectivity index (χ1v) is 4.46. The SMILES string of the molecule is COc1cc([S])cc2ccccc12. The van der Waals surface area contributed by atoms with Crippen molar-refractivity contribution in [3.63, 3.8) is 0 Å². The minimum atomic E-state index is 0.815. The van der Waals surface area contributed by atoms with Gasteiger partial charge in [-0.1, -0.05) is 36.9 Å². The molecule has 0 bridgehead atoms. The molecule has 0 aromatic heterocycles. The van der Waals surface area contributed by atoms with Gasteiger partial charge in [-0.25, -0.2) is 0 Å². The Morgan fingerprint density at radius 1 is 1.15 bits per heavy atom. The van der Waals surface area contributed by atoms with E-state index in [1.807, 2.05) is 36.4 Å². The molecule has 0 aliphatic heterocycles. The van der Waals surface area contributed by atoms with Gasteiger partial charge in [-0.2, -0.15) is 0 Å². The molecule has 2 heteroatoms. The fourth-order valence-electron chi connectivity index (χ4n) is 1.42. The van der Waals surface area contributed by atoms with E-state index in [4.69, 9.17) is 17.4 Å². The summed E-state index contributed by atoms with van der Waals surface area (Å²) in [5.74, 6) is 0.850. The van der Waals surface area contributed by atoms with Crippen molar-refractivity contribution in [2.75, 3.05) is 7.11 Å². The van der Waals surface area contributed by atoms with Crippen LogP contribution in [0.15, 0.2) is 41.3 Å². The van der Waals surface area contributed by atoms with E-state index in [9.17, 15) is 0 Å². The van der Waals surface area contributed by atoms with Crippen LogP contribution in [0, 0.1) is 0 Å². The number of hydrogen-bond acceptors (Lipinski definition) is 1. The summed E-state index contributed by atoms with van der Waals surface area (Å²) in [6.45, 7) is 0. The third kappa shape index (κ3) is 1.45. The van der Waals surface area contributed by atoms with Crippen molar-refractivity contribution in [2.24, 2.45) is 0 Å². The zero-order valence-corrected chi connectivity index (χ0v) is 8.10. The summed E-state index contributed by atoms with van der Waals surface area (Å²) in [6.07, 6.45) is 0. The van der Waals surface area contributed by atoms with Gasteiger partial charge in [0.05, 0.1) is 7.11 Å². The maximum atomic E-state index is 5.24. The van der Waals surface area contributed by atoms with Crippen molar-refractivity contribution >= 4 is 23.4 Å². The smallest absolute Gasteiger partial charge is 0.128 e. The Kier molecular flexibility index (Phi) is 2.07. The van der Waals surface area contributed by atoms with Crippen molar-refractivity contribution < 1.29 is 4.74 Å². The minimum Gasteiger partial charge on any atom is -0.496 e. The van der Waals surface area contributed by atoms with Gasteiger partial charge in [0, 0.05) is 10.3 Å². The Bertz CT molecular complexity index is 437. The number of methoxy groups -OCH3 is 1. The zero-order chi connectivity index (χ0) is 9.26. The molecule has 0 saturated heterocycles. The summed E-state index contributed by atoms with van der Waals surface area (Å²) in [4.78, 5) is 0.815. The van der Waals surface area contributed by atoms with E-state index in [0.29, 0.717) is 0 Å². The Morgan fingerprint density at radius 2 is 1.92 bits per heavy atom. The van der Waals surface area contributed by atoms with E-state index < -0.39 is 0 Å². The maximum Gasteiger partial charge on any atom is 0.128 e. The molecule has 2 aromatic carbocycles. The highest BCUT2D eigenvalue weighted by atomic mass is 32.1. The lowest BCUT2D eigenvalue weighted by Gasteiger charge is -2.05. The first-order valence-electron chi connectivity index (χ1n) is 4.05. The molecule has 1 nitrogen and oxygen atoms in total. The molecular formula is C11H9OS. The van der Waals surface area contributed by atoms with Crippen LogP contribution in [-0.2, 0) is 0 Å². The Morgan fingerprint density at radius 3 is 2.69 bits per heavy atom. The van der Waals surface area contributed by atoms with E-state index in [0.717, 1.165) is 21.4 Å². The molecule has 0 aliphatic rings. The molecule has 13 heavy (non-hydrogen) atoms. The van der Waals surface area contributed by atoms with E-state index in [2.05, 4.69) is 0 Å². The lowest BCUT2D eigenvalue weighted by Crippen LogP contribution is -1.84. The molecule has 2 rings (SSSR count).